The number of piperazine rings is 2. The van der Waals surface area contributed by atoms with E-state index in [0.717, 1.165) is 26.2 Å². The fourth-order valence-corrected chi connectivity index (χ4v) is 3.22. The smallest absolute Gasteiger partial charge is 0.236 e. The number of ether oxygens (including phenoxy) is 1. The Bertz CT molecular complexity index is 486. The van der Waals surface area contributed by atoms with E-state index in [2.05, 4.69) is 15.1 Å². The third-order valence-corrected chi connectivity index (χ3v) is 4.90. The molecule has 0 unspecified atom stereocenters. The number of methoxy groups -OCH3 is 1. The molecule has 0 aliphatic carbocycles. The first-order valence-corrected chi connectivity index (χ1v) is 9.23. The molecule has 3 amide bonds. The minimum absolute atomic E-state index is 0.00918. The maximum absolute atomic E-state index is 12.4. The van der Waals surface area contributed by atoms with Crippen LogP contribution < -0.4 is 5.32 Å². The molecule has 9 heteroatoms. The number of nitrogens with one attached hydrogen (secondary N) is 1. The molecule has 2 aliphatic heterocycles. The Morgan fingerprint density at radius 1 is 0.846 bits per heavy atom. The molecule has 1 N–H and O–H groups in total. The van der Waals surface area contributed by atoms with Gasteiger partial charge < -0.3 is 19.9 Å². The van der Waals surface area contributed by atoms with Gasteiger partial charge >= 0.3 is 0 Å². The Labute approximate surface area is 155 Å². The topological polar surface area (TPSA) is 85.4 Å². The molecule has 0 saturated carbocycles. The second-order valence-electron chi connectivity index (χ2n) is 6.78. The molecule has 2 aliphatic rings. The molecule has 2 heterocycles. The number of amides is 3. The highest BCUT2D eigenvalue weighted by Gasteiger charge is 2.25. The van der Waals surface area contributed by atoms with Crippen molar-refractivity contribution in [3.63, 3.8) is 0 Å². The summed E-state index contributed by atoms with van der Waals surface area (Å²) in [6.45, 7) is 8.99. The molecule has 0 spiro atoms. The Morgan fingerprint density at radius 2 is 1.38 bits per heavy atom. The van der Waals surface area contributed by atoms with Crippen molar-refractivity contribution in [1.29, 1.82) is 0 Å². The van der Waals surface area contributed by atoms with Gasteiger partial charge in [-0.15, -0.1) is 0 Å². The third-order valence-electron chi connectivity index (χ3n) is 4.90. The van der Waals surface area contributed by atoms with Crippen LogP contribution in [0.2, 0.25) is 0 Å². The summed E-state index contributed by atoms with van der Waals surface area (Å²) < 4.78 is 4.91. The lowest BCUT2D eigenvalue weighted by molar-refractivity contribution is -0.139. The summed E-state index contributed by atoms with van der Waals surface area (Å²) >= 11 is 0. The number of nitrogens with zero attached hydrogens (tertiary/aromatic N) is 4. The lowest BCUT2D eigenvalue weighted by atomic mass is 10.2. The highest BCUT2D eigenvalue weighted by atomic mass is 16.5. The van der Waals surface area contributed by atoms with Gasteiger partial charge in [-0.2, -0.15) is 0 Å². The molecule has 2 saturated heterocycles. The van der Waals surface area contributed by atoms with Crippen molar-refractivity contribution >= 4 is 17.7 Å². The van der Waals surface area contributed by atoms with Crippen molar-refractivity contribution in [3.05, 3.63) is 0 Å². The molecule has 0 aromatic rings. The van der Waals surface area contributed by atoms with E-state index in [1.54, 1.807) is 18.9 Å². The zero-order chi connectivity index (χ0) is 18.9. The molecule has 26 heavy (non-hydrogen) atoms. The lowest BCUT2D eigenvalue weighted by Gasteiger charge is -2.37. The van der Waals surface area contributed by atoms with E-state index >= 15 is 0 Å². The third kappa shape index (κ3) is 6.54. The second-order valence-corrected chi connectivity index (χ2v) is 6.78. The van der Waals surface area contributed by atoms with Crippen LogP contribution in [0.5, 0.6) is 0 Å². The average molecular weight is 369 g/mol. The molecule has 2 fully saturated rings. The van der Waals surface area contributed by atoms with Crippen LogP contribution in [-0.4, -0.2) is 123 Å². The van der Waals surface area contributed by atoms with Crippen LogP contribution in [0.3, 0.4) is 0 Å². The quantitative estimate of drug-likeness (QED) is 0.526. The van der Waals surface area contributed by atoms with Crippen molar-refractivity contribution in [1.82, 2.24) is 24.9 Å². The van der Waals surface area contributed by atoms with Gasteiger partial charge in [0.2, 0.25) is 17.7 Å². The average Bonchev–Trinajstić information content (AvgIpc) is 2.63. The van der Waals surface area contributed by atoms with E-state index in [4.69, 9.17) is 4.74 Å². The predicted octanol–water partition coefficient (Wildman–Crippen LogP) is -1.94. The summed E-state index contributed by atoms with van der Waals surface area (Å²) in [5.41, 5.74) is 0. The summed E-state index contributed by atoms with van der Waals surface area (Å²) in [7, 11) is 1.61. The van der Waals surface area contributed by atoms with Crippen molar-refractivity contribution < 1.29 is 19.1 Å². The Kier molecular flexibility index (Phi) is 8.27. The van der Waals surface area contributed by atoms with Gasteiger partial charge in [0.15, 0.2) is 0 Å². The zero-order valence-corrected chi connectivity index (χ0v) is 15.9. The highest BCUT2D eigenvalue weighted by molar-refractivity contribution is 5.79. The molecular formula is C17H31N5O4. The van der Waals surface area contributed by atoms with Gasteiger partial charge in [-0.1, -0.05) is 0 Å². The summed E-state index contributed by atoms with van der Waals surface area (Å²) in [6.07, 6.45) is 0. The fourth-order valence-electron chi connectivity index (χ4n) is 3.22. The molecule has 0 radical (unpaired) electrons. The number of carbonyl (C=O) groups excluding carboxylic acids is 3. The molecule has 0 atom stereocenters. The Hall–Kier alpha value is -1.71. The van der Waals surface area contributed by atoms with Crippen molar-refractivity contribution in [2.45, 2.75) is 6.92 Å². The first-order valence-electron chi connectivity index (χ1n) is 9.23. The van der Waals surface area contributed by atoms with E-state index < -0.39 is 0 Å². The van der Waals surface area contributed by atoms with Crippen LogP contribution in [0.4, 0.5) is 0 Å². The maximum Gasteiger partial charge on any atom is 0.236 e. The largest absolute Gasteiger partial charge is 0.383 e. The van der Waals surface area contributed by atoms with Crippen LogP contribution in [0, 0.1) is 0 Å². The summed E-state index contributed by atoms with van der Waals surface area (Å²) in [6, 6.07) is 0. The molecule has 0 aromatic heterocycles. The molecule has 0 bridgehead atoms. The van der Waals surface area contributed by atoms with Gasteiger partial charge in [0.1, 0.15) is 0 Å². The van der Waals surface area contributed by atoms with Crippen LogP contribution >= 0.6 is 0 Å². The second kappa shape index (κ2) is 10.4. The van der Waals surface area contributed by atoms with Gasteiger partial charge in [-0.25, -0.2) is 0 Å². The van der Waals surface area contributed by atoms with E-state index in [1.165, 1.54) is 0 Å². The fraction of sp³-hybridized carbons (Fsp3) is 0.824. The van der Waals surface area contributed by atoms with Crippen LogP contribution in [-0.2, 0) is 19.1 Å². The molecule has 0 aromatic carbocycles. The van der Waals surface area contributed by atoms with Crippen LogP contribution in [0.1, 0.15) is 6.92 Å². The van der Waals surface area contributed by atoms with Gasteiger partial charge in [0, 0.05) is 72.9 Å². The molecule has 2 rings (SSSR count). The maximum atomic E-state index is 12.4. The SMILES string of the molecule is COCCNC(=O)CN1CCN(CC(=O)N2CCN(C(C)=O)CC2)CC1. The molecular weight excluding hydrogens is 338 g/mol. The van der Waals surface area contributed by atoms with Crippen molar-refractivity contribution in [2.75, 3.05) is 85.7 Å². The first kappa shape index (κ1) is 20.6. The summed E-state index contributed by atoms with van der Waals surface area (Å²) in [4.78, 5) is 43.5. The normalized spacial score (nSPS) is 19.5. The summed E-state index contributed by atoms with van der Waals surface area (Å²) in [5.74, 6) is 0.202. The van der Waals surface area contributed by atoms with Crippen LogP contribution in [0.15, 0.2) is 0 Å². The lowest BCUT2D eigenvalue weighted by Crippen LogP contribution is -2.55. The van der Waals surface area contributed by atoms with Gasteiger partial charge in [-0.3, -0.25) is 24.2 Å². The van der Waals surface area contributed by atoms with Crippen molar-refractivity contribution in [3.8, 4) is 0 Å². The van der Waals surface area contributed by atoms with E-state index in [9.17, 15) is 14.4 Å². The summed E-state index contributed by atoms with van der Waals surface area (Å²) in [5, 5.41) is 2.82. The van der Waals surface area contributed by atoms with Crippen molar-refractivity contribution in [2.24, 2.45) is 0 Å². The number of hydrogen-bond acceptors (Lipinski definition) is 6. The van der Waals surface area contributed by atoms with E-state index in [0.29, 0.717) is 52.4 Å². The van der Waals surface area contributed by atoms with Crippen LogP contribution in [0.25, 0.3) is 0 Å². The molecule has 9 nitrogen and oxygen atoms in total. The van der Waals surface area contributed by atoms with Gasteiger partial charge in [0.25, 0.3) is 0 Å². The van der Waals surface area contributed by atoms with E-state index in [-0.39, 0.29) is 17.7 Å². The standard InChI is InChI=1S/C17H31N5O4/c1-15(23)21-8-10-22(11-9-21)17(25)14-20-6-4-19(5-7-20)13-16(24)18-3-12-26-2/h3-14H2,1-2H3,(H,18,24). The number of hydrogen-bond donors (Lipinski definition) is 1. The first-order chi connectivity index (χ1) is 12.5. The zero-order valence-electron chi connectivity index (χ0n) is 15.9. The van der Waals surface area contributed by atoms with E-state index in [1.807, 2.05) is 4.90 Å². The minimum Gasteiger partial charge on any atom is -0.383 e. The van der Waals surface area contributed by atoms with Gasteiger partial charge in [0.05, 0.1) is 19.7 Å². The number of carbonyl (C=O) groups is 3. The monoisotopic (exact) mass is 369 g/mol. The highest BCUT2D eigenvalue weighted by Crippen LogP contribution is 2.06. The molecule has 148 valence electrons. The van der Waals surface area contributed by atoms with Gasteiger partial charge in [-0.05, 0) is 0 Å². The number of rotatable bonds is 7. The Balaban J connectivity index is 1.63. The minimum atomic E-state index is 0.00918. The predicted molar refractivity (Wildman–Crippen MR) is 96.6 cm³/mol. The Morgan fingerprint density at radius 3 is 1.92 bits per heavy atom.